The summed E-state index contributed by atoms with van der Waals surface area (Å²) in [5.74, 6) is 0.984. The molecule has 1 aliphatic heterocycles. The number of hydrogen-bond acceptors (Lipinski definition) is 5. The first-order valence-electron chi connectivity index (χ1n) is 11.5. The Balaban J connectivity index is 1.21. The monoisotopic (exact) mass is 420 g/mol. The standard InChI is InChI=1S/C25H32N4O2/c1-2-22-20(18-26)6-3-7-23(22)29-11-5-10-28(13-14-29)12-9-19-16-21(17-19)27-25(30)24-8-4-15-31-24/h3-4,6-8,15,19,21H,2,5,9-14,16-17H2,1H3,(H,27,30)/t19-,21-. The molecule has 2 aliphatic rings. The van der Waals surface area contributed by atoms with Crippen LogP contribution >= 0.6 is 0 Å². The second-order valence-corrected chi connectivity index (χ2v) is 8.72. The van der Waals surface area contributed by atoms with Gasteiger partial charge in [0.1, 0.15) is 0 Å². The Morgan fingerprint density at radius 1 is 1.19 bits per heavy atom. The molecular weight excluding hydrogens is 388 g/mol. The van der Waals surface area contributed by atoms with Gasteiger partial charge in [-0.3, -0.25) is 4.79 Å². The van der Waals surface area contributed by atoms with Crippen molar-refractivity contribution in [2.24, 2.45) is 5.92 Å². The van der Waals surface area contributed by atoms with Gasteiger partial charge in [-0.2, -0.15) is 5.26 Å². The van der Waals surface area contributed by atoms with E-state index in [1.807, 2.05) is 12.1 Å². The minimum Gasteiger partial charge on any atom is -0.459 e. The molecule has 2 aromatic rings. The van der Waals surface area contributed by atoms with E-state index in [0.717, 1.165) is 64.0 Å². The Labute approximate surface area is 184 Å². The number of rotatable bonds is 7. The molecule has 0 radical (unpaired) electrons. The predicted molar refractivity (Wildman–Crippen MR) is 121 cm³/mol. The summed E-state index contributed by atoms with van der Waals surface area (Å²) >= 11 is 0. The van der Waals surface area contributed by atoms with Crippen LogP contribution in [0.4, 0.5) is 5.69 Å². The van der Waals surface area contributed by atoms with Crippen molar-refractivity contribution in [2.45, 2.75) is 45.1 Å². The number of hydrogen-bond donors (Lipinski definition) is 1. The summed E-state index contributed by atoms with van der Waals surface area (Å²) < 4.78 is 5.16. The molecule has 0 atom stereocenters. The van der Waals surface area contributed by atoms with Crippen LogP contribution in [0.5, 0.6) is 0 Å². The zero-order valence-electron chi connectivity index (χ0n) is 18.3. The van der Waals surface area contributed by atoms with Crippen LogP contribution in [0.15, 0.2) is 41.0 Å². The van der Waals surface area contributed by atoms with E-state index in [1.54, 1.807) is 12.1 Å². The van der Waals surface area contributed by atoms with E-state index in [1.165, 1.54) is 23.9 Å². The normalized spacial score (nSPS) is 21.7. The Morgan fingerprint density at radius 2 is 2.06 bits per heavy atom. The molecule has 0 unspecified atom stereocenters. The second kappa shape index (κ2) is 10.0. The van der Waals surface area contributed by atoms with Crippen LogP contribution in [0.1, 0.15) is 54.3 Å². The number of carbonyl (C=O) groups excluding carboxylic acids is 1. The van der Waals surface area contributed by atoms with E-state index in [4.69, 9.17) is 4.42 Å². The second-order valence-electron chi connectivity index (χ2n) is 8.72. The molecule has 0 bridgehead atoms. The van der Waals surface area contributed by atoms with E-state index in [2.05, 4.69) is 34.2 Å². The average Bonchev–Trinajstić information content (AvgIpc) is 3.21. The molecule has 1 aliphatic carbocycles. The maximum atomic E-state index is 12.1. The van der Waals surface area contributed by atoms with Crippen molar-refractivity contribution in [3.63, 3.8) is 0 Å². The molecule has 1 N–H and O–H groups in total. The highest BCUT2D eigenvalue weighted by atomic mass is 16.3. The SMILES string of the molecule is CCc1c(C#N)cccc1N1CCCN(CC[C@H]2C[C@H](NC(=O)c3ccco3)C2)CC1. The minimum absolute atomic E-state index is 0.104. The molecule has 2 heterocycles. The van der Waals surface area contributed by atoms with Gasteiger partial charge in [0.15, 0.2) is 5.76 Å². The van der Waals surface area contributed by atoms with Gasteiger partial charge in [0.05, 0.1) is 17.9 Å². The lowest BCUT2D eigenvalue weighted by molar-refractivity contribution is 0.0851. The van der Waals surface area contributed by atoms with E-state index in [9.17, 15) is 10.1 Å². The van der Waals surface area contributed by atoms with Crippen molar-refractivity contribution in [2.75, 3.05) is 37.6 Å². The molecular formula is C25H32N4O2. The molecule has 4 rings (SSSR count). The zero-order chi connectivity index (χ0) is 21.6. The molecule has 6 heteroatoms. The number of nitriles is 1. The molecule has 1 aromatic carbocycles. The van der Waals surface area contributed by atoms with E-state index in [0.29, 0.717) is 11.7 Å². The van der Waals surface area contributed by atoms with Gasteiger partial charge in [-0.05, 0) is 80.9 Å². The summed E-state index contributed by atoms with van der Waals surface area (Å²) in [4.78, 5) is 17.1. The van der Waals surface area contributed by atoms with Crippen LogP contribution in [-0.2, 0) is 6.42 Å². The number of carbonyl (C=O) groups is 1. The minimum atomic E-state index is -0.104. The smallest absolute Gasteiger partial charge is 0.287 e. The first-order chi connectivity index (χ1) is 15.2. The largest absolute Gasteiger partial charge is 0.459 e. The van der Waals surface area contributed by atoms with Gasteiger partial charge >= 0.3 is 0 Å². The summed E-state index contributed by atoms with van der Waals surface area (Å²) in [6.45, 7) is 7.49. The summed E-state index contributed by atoms with van der Waals surface area (Å²) in [5, 5.41) is 12.5. The topological polar surface area (TPSA) is 72.5 Å². The first kappa shape index (κ1) is 21.5. The maximum Gasteiger partial charge on any atom is 0.287 e. The molecule has 1 aromatic heterocycles. The lowest BCUT2D eigenvalue weighted by Gasteiger charge is -2.36. The van der Waals surface area contributed by atoms with Crippen LogP contribution in [0.25, 0.3) is 0 Å². The lowest BCUT2D eigenvalue weighted by Crippen LogP contribution is -2.45. The fourth-order valence-corrected chi connectivity index (χ4v) is 4.90. The van der Waals surface area contributed by atoms with Gasteiger partial charge < -0.3 is 19.5 Å². The van der Waals surface area contributed by atoms with E-state index < -0.39 is 0 Å². The number of amides is 1. The third-order valence-electron chi connectivity index (χ3n) is 6.72. The Kier molecular flexibility index (Phi) is 6.93. The molecule has 0 spiro atoms. The highest BCUT2D eigenvalue weighted by Gasteiger charge is 2.31. The fourth-order valence-electron chi connectivity index (χ4n) is 4.90. The Hall–Kier alpha value is -2.78. The van der Waals surface area contributed by atoms with Crippen molar-refractivity contribution < 1.29 is 9.21 Å². The van der Waals surface area contributed by atoms with Crippen molar-refractivity contribution in [3.8, 4) is 6.07 Å². The number of nitrogens with zero attached hydrogens (tertiary/aromatic N) is 3. The predicted octanol–water partition coefficient (Wildman–Crippen LogP) is 3.82. The van der Waals surface area contributed by atoms with Crippen molar-refractivity contribution >= 4 is 11.6 Å². The first-order valence-corrected chi connectivity index (χ1v) is 11.5. The maximum absolute atomic E-state index is 12.1. The van der Waals surface area contributed by atoms with E-state index in [-0.39, 0.29) is 11.9 Å². The molecule has 164 valence electrons. The fraction of sp³-hybridized carbons (Fsp3) is 0.520. The Bertz CT molecular complexity index is 912. The molecule has 1 amide bonds. The zero-order valence-corrected chi connectivity index (χ0v) is 18.3. The number of anilines is 1. The summed E-state index contributed by atoms with van der Waals surface area (Å²) in [6.07, 6.45) is 6.88. The number of furan rings is 1. The van der Waals surface area contributed by atoms with Gasteiger partial charge in [0.25, 0.3) is 5.91 Å². The number of nitrogens with one attached hydrogen (secondary N) is 1. The van der Waals surface area contributed by atoms with Crippen LogP contribution in [-0.4, -0.2) is 49.6 Å². The third-order valence-corrected chi connectivity index (χ3v) is 6.72. The van der Waals surface area contributed by atoms with Crippen LogP contribution < -0.4 is 10.2 Å². The lowest BCUT2D eigenvalue weighted by atomic mass is 9.78. The molecule has 31 heavy (non-hydrogen) atoms. The van der Waals surface area contributed by atoms with Gasteiger partial charge in [-0.25, -0.2) is 0 Å². The highest BCUT2D eigenvalue weighted by Crippen LogP contribution is 2.31. The summed E-state index contributed by atoms with van der Waals surface area (Å²) in [7, 11) is 0. The van der Waals surface area contributed by atoms with Crippen molar-refractivity contribution in [1.29, 1.82) is 5.26 Å². The molecule has 2 fully saturated rings. The van der Waals surface area contributed by atoms with Crippen LogP contribution in [0, 0.1) is 17.2 Å². The summed E-state index contributed by atoms with van der Waals surface area (Å²) in [5.41, 5.74) is 3.22. The van der Waals surface area contributed by atoms with Gasteiger partial charge in [-0.15, -0.1) is 0 Å². The highest BCUT2D eigenvalue weighted by molar-refractivity contribution is 5.91. The van der Waals surface area contributed by atoms with Crippen LogP contribution in [0.2, 0.25) is 0 Å². The van der Waals surface area contributed by atoms with Crippen molar-refractivity contribution in [3.05, 3.63) is 53.5 Å². The summed E-state index contributed by atoms with van der Waals surface area (Å²) in [6, 6.07) is 12.2. The molecule has 1 saturated carbocycles. The van der Waals surface area contributed by atoms with Gasteiger partial charge in [-0.1, -0.05) is 13.0 Å². The third kappa shape index (κ3) is 5.11. The number of benzene rings is 1. The van der Waals surface area contributed by atoms with Crippen molar-refractivity contribution in [1.82, 2.24) is 10.2 Å². The average molecular weight is 421 g/mol. The van der Waals surface area contributed by atoms with Gasteiger partial charge in [0, 0.05) is 31.4 Å². The van der Waals surface area contributed by atoms with Crippen LogP contribution in [0.3, 0.4) is 0 Å². The quantitative estimate of drug-likeness (QED) is 0.737. The Morgan fingerprint density at radius 3 is 2.81 bits per heavy atom. The van der Waals surface area contributed by atoms with Gasteiger partial charge in [0.2, 0.25) is 0 Å². The van der Waals surface area contributed by atoms with E-state index >= 15 is 0 Å². The molecule has 6 nitrogen and oxygen atoms in total. The molecule has 1 saturated heterocycles.